The maximum Gasteiger partial charge on any atom is 0.0720 e. The second kappa shape index (κ2) is 62.7. The molecule has 0 aromatic heterocycles. The molecule has 11 nitrogen and oxygen atoms in total. The lowest BCUT2D eigenvalue weighted by Gasteiger charge is -2.46. The molecule has 0 aliphatic carbocycles. The molecule has 11 heteroatoms. The molecule has 6 fully saturated rings. The van der Waals surface area contributed by atoms with Crippen molar-refractivity contribution in [2.75, 3.05) is 144 Å². The summed E-state index contributed by atoms with van der Waals surface area (Å²) >= 11 is 0. The zero-order chi connectivity index (χ0) is 82.2. The van der Waals surface area contributed by atoms with Crippen LogP contribution in [0.25, 0.3) is 0 Å². The maximum absolute atomic E-state index is 10.7. The van der Waals surface area contributed by atoms with E-state index < -0.39 is 5.60 Å². The quantitative estimate of drug-likeness (QED) is 0.0594. The van der Waals surface area contributed by atoms with E-state index in [-0.39, 0.29) is 16.6 Å². The summed E-state index contributed by atoms with van der Waals surface area (Å²) in [5, 5.41) is 10.7. The predicted octanol–water partition coefficient (Wildman–Crippen LogP) is 25.9. The van der Waals surface area contributed by atoms with Gasteiger partial charge in [0.25, 0.3) is 0 Å². The number of hydrogen-bond acceptors (Lipinski definition) is 11. The lowest BCUT2D eigenvalue weighted by molar-refractivity contribution is -0.0988. The molecule has 0 unspecified atom stereocenters. The highest BCUT2D eigenvalue weighted by atomic mass is 16.5. The SMILES string of the molecule is CCCCCCCCN1CCC(C(C)(C)C)CC1.CCCCCCCCN1CCC(CC(C)(C)C)CC1.CCCCCCCCN1CCC(O)(C(C)(C)C)CC1.CCCCCCCCN1CCC(OC(C)(C)C)CC1.CCCCCCCCN1CCN(C(C)(C)C)CC1.CCCOCCN1CCC(OC(C)(C)C)CC1. The first-order chi connectivity index (χ1) is 52.0. The number of aliphatic hydroxyl groups is 1. The summed E-state index contributed by atoms with van der Waals surface area (Å²) in [7, 11) is 0. The van der Waals surface area contributed by atoms with E-state index in [1.54, 1.807) is 0 Å². The second-order valence-corrected chi connectivity index (χ2v) is 42.1. The molecule has 6 rings (SSSR count). The van der Waals surface area contributed by atoms with Crippen LogP contribution < -0.4 is 0 Å². The number of unbranched alkanes of at least 4 members (excludes halogenated alkanes) is 25. The van der Waals surface area contributed by atoms with E-state index in [9.17, 15) is 5.11 Å². The van der Waals surface area contributed by atoms with Crippen molar-refractivity contribution in [3.63, 3.8) is 0 Å². The summed E-state index contributed by atoms with van der Waals surface area (Å²) in [6.45, 7) is 81.1. The topological polar surface area (TPSA) is 70.6 Å². The van der Waals surface area contributed by atoms with Crippen molar-refractivity contribution in [3.8, 4) is 0 Å². The first-order valence-electron chi connectivity index (χ1n) is 48.7. The molecule has 0 atom stereocenters. The summed E-state index contributed by atoms with van der Waals surface area (Å²) < 4.78 is 17.6. The van der Waals surface area contributed by atoms with E-state index >= 15 is 0 Å². The molecular formula is C99H205N7O4. The van der Waals surface area contributed by atoms with Gasteiger partial charge in [-0.3, -0.25) is 4.90 Å². The van der Waals surface area contributed by atoms with Crippen molar-refractivity contribution in [2.45, 2.75) is 470 Å². The zero-order valence-corrected chi connectivity index (χ0v) is 79.9. The lowest BCUT2D eigenvalue weighted by atomic mass is 9.71. The van der Waals surface area contributed by atoms with Crippen molar-refractivity contribution in [1.82, 2.24) is 34.3 Å². The molecule has 0 spiro atoms. The largest absolute Gasteiger partial charge is 0.389 e. The van der Waals surface area contributed by atoms with Crippen LogP contribution in [0.4, 0.5) is 0 Å². The van der Waals surface area contributed by atoms with E-state index in [1.807, 2.05) is 0 Å². The van der Waals surface area contributed by atoms with Gasteiger partial charge in [-0.15, -0.1) is 0 Å². The van der Waals surface area contributed by atoms with Crippen LogP contribution in [0.15, 0.2) is 0 Å². The van der Waals surface area contributed by atoms with E-state index in [0.717, 1.165) is 89.9 Å². The van der Waals surface area contributed by atoms with Gasteiger partial charge in [0.2, 0.25) is 0 Å². The molecular weight excluding hydrogens is 1350 g/mol. The third-order valence-corrected chi connectivity index (χ3v) is 25.0. The van der Waals surface area contributed by atoms with Gasteiger partial charge >= 0.3 is 0 Å². The van der Waals surface area contributed by atoms with Gasteiger partial charge in [0.05, 0.1) is 35.6 Å². The normalized spacial score (nSPS) is 19.5. The molecule has 1 N–H and O–H groups in total. The maximum atomic E-state index is 10.7. The first kappa shape index (κ1) is 108. The van der Waals surface area contributed by atoms with E-state index in [4.69, 9.17) is 14.2 Å². The molecule has 110 heavy (non-hydrogen) atoms. The number of likely N-dealkylation sites (tertiary alicyclic amines) is 5. The van der Waals surface area contributed by atoms with Gasteiger partial charge in [-0.2, -0.15) is 0 Å². The van der Waals surface area contributed by atoms with E-state index in [2.05, 4.69) is 200 Å². The summed E-state index contributed by atoms with van der Waals surface area (Å²) in [5.41, 5.74) is 0.970. The third-order valence-electron chi connectivity index (χ3n) is 25.0. The van der Waals surface area contributed by atoms with Crippen molar-refractivity contribution in [2.24, 2.45) is 28.1 Å². The highest BCUT2D eigenvalue weighted by molar-refractivity contribution is 4.95. The average Bonchev–Trinajstić information content (AvgIpc) is 0.801. The minimum Gasteiger partial charge on any atom is -0.389 e. The van der Waals surface area contributed by atoms with Crippen LogP contribution in [0.5, 0.6) is 0 Å². The Bertz CT molecular complexity index is 1890. The van der Waals surface area contributed by atoms with Crippen molar-refractivity contribution >= 4 is 0 Å². The van der Waals surface area contributed by atoms with Crippen LogP contribution in [-0.4, -0.2) is 218 Å². The monoisotopic (exact) mass is 1560 g/mol. The first-order valence-corrected chi connectivity index (χ1v) is 48.7. The Hall–Kier alpha value is -0.440. The third kappa shape index (κ3) is 59.3. The Morgan fingerprint density at radius 1 is 0.300 bits per heavy atom. The molecule has 0 aromatic carbocycles. The van der Waals surface area contributed by atoms with Crippen LogP contribution in [0.1, 0.15) is 436 Å². The minimum atomic E-state index is -0.454. The van der Waals surface area contributed by atoms with Crippen LogP contribution in [-0.2, 0) is 14.2 Å². The van der Waals surface area contributed by atoms with Crippen molar-refractivity contribution < 1.29 is 19.3 Å². The molecule has 660 valence electrons. The molecule has 6 aliphatic rings. The number of piperazine rings is 1. The second-order valence-electron chi connectivity index (χ2n) is 42.1. The van der Waals surface area contributed by atoms with Crippen LogP contribution in [0, 0.1) is 28.1 Å². The van der Waals surface area contributed by atoms with Gasteiger partial charge in [-0.25, -0.2) is 0 Å². The number of hydrogen-bond donors (Lipinski definition) is 1. The minimum absolute atomic E-state index is 0.00290. The number of rotatable bonds is 43. The van der Waals surface area contributed by atoms with E-state index in [0.29, 0.717) is 28.6 Å². The van der Waals surface area contributed by atoms with Crippen LogP contribution in [0.3, 0.4) is 0 Å². The van der Waals surface area contributed by atoms with Gasteiger partial charge in [-0.05, 0) is 258 Å². The van der Waals surface area contributed by atoms with Crippen molar-refractivity contribution in [1.29, 1.82) is 0 Å². The number of ether oxygens (including phenoxy) is 3. The van der Waals surface area contributed by atoms with Gasteiger partial charge < -0.3 is 48.7 Å². The Kier molecular flexibility index (Phi) is 61.3. The summed E-state index contributed by atoms with van der Waals surface area (Å²) in [6, 6.07) is 0. The molecule has 0 aromatic rings. The lowest BCUT2D eigenvalue weighted by Crippen LogP contribution is -2.53. The molecule has 6 heterocycles. The smallest absolute Gasteiger partial charge is 0.0720 e. The fraction of sp³-hybridized carbons (Fsp3) is 1.00. The molecule has 0 radical (unpaired) electrons. The van der Waals surface area contributed by atoms with Crippen molar-refractivity contribution in [3.05, 3.63) is 0 Å². The molecule has 0 bridgehead atoms. The fourth-order valence-corrected chi connectivity index (χ4v) is 17.4. The Morgan fingerprint density at radius 2 is 0.582 bits per heavy atom. The van der Waals surface area contributed by atoms with Gasteiger partial charge in [-0.1, -0.05) is 264 Å². The average molecular weight is 1560 g/mol. The summed E-state index contributed by atoms with van der Waals surface area (Å²) in [6.07, 6.45) is 58.0. The zero-order valence-electron chi connectivity index (χ0n) is 79.9. The van der Waals surface area contributed by atoms with Crippen LogP contribution in [0.2, 0.25) is 0 Å². The van der Waals surface area contributed by atoms with E-state index in [1.165, 1.54) is 336 Å². The van der Waals surface area contributed by atoms with Gasteiger partial charge in [0, 0.05) is 84.1 Å². The molecule has 0 saturated carbocycles. The predicted molar refractivity (Wildman–Crippen MR) is 488 cm³/mol. The molecule has 6 aliphatic heterocycles. The number of piperidine rings is 5. The van der Waals surface area contributed by atoms with Crippen LogP contribution >= 0.6 is 0 Å². The van der Waals surface area contributed by atoms with Gasteiger partial charge in [0.1, 0.15) is 0 Å². The Balaban J connectivity index is 0.000000660. The fourth-order valence-electron chi connectivity index (χ4n) is 17.4. The highest BCUT2D eigenvalue weighted by Crippen LogP contribution is 2.39. The number of nitrogens with zero attached hydrogens (tertiary/aromatic N) is 7. The summed E-state index contributed by atoms with van der Waals surface area (Å²) in [4.78, 5) is 18.3. The highest BCUT2D eigenvalue weighted by Gasteiger charge is 2.42. The molecule has 6 saturated heterocycles. The Morgan fingerprint density at radius 3 is 0.864 bits per heavy atom. The Labute approximate surface area is 692 Å². The molecule has 0 amide bonds. The standard InChI is InChI=1S/C18H37N.2C17H35NO.C17H35N.C16H34N2.C14H29NO2/c1-5-6-7-8-9-10-13-19-14-11-17(12-15-19)16-18(2,3)4;1-5-6-7-8-9-10-13-18-14-11-16(12-15-18)19-17(2,3)4;1-5-6-7-8-9-10-13-18-14-11-17(19,12-15-18)16(2,3)4;1-5-6-7-8-9-10-13-18-14-11-16(12-15-18)17(2,3)4;1-5-6-7-8-9-10-11-17-12-14-18(15-13-17)16(2,3)4;1-5-11-16-12-10-15-8-6-13(7-9-15)17-14(2,3)4/h17H,5-16H2,1-4H3;16H,5-15H2,1-4H3;19H,5-15H2,1-4H3;16H,5-15H2,1-4H3;5-15H2,1-4H3;13H,5-12H2,1-4H3. The van der Waals surface area contributed by atoms with Gasteiger partial charge in [0.15, 0.2) is 0 Å². The summed E-state index contributed by atoms with van der Waals surface area (Å²) in [5.74, 6) is 1.93.